The van der Waals surface area contributed by atoms with E-state index < -0.39 is 5.97 Å². The van der Waals surface area contributed by atoms with Crippen LogP contribution in [-0.4, -0.2) is 35.5 Å². The van der Waals surface area contributed by atoms with Crippen LogP contribution in [0.15, 0.2) is 23.2 Å². The number of carboxylic acid groups (broad SMARTS) is 1. The molecule has 0 aromatic carbocycles. The molecule has 5 heteroatoms. The molecule has 0 atom stereocenters. The highest BCUT2D eigenvalue weighted by atomic mass is 32.2. The Morgan fingerprint density at radius 3 is 3.13 bits per heavy atom. The fraction of sp³-hybridized carbons (Fsp3) is 0.400. The lowest BCUT2D eigenvalue weighted by molar-refractivity contribution is 0.0686. The van der Waals surface area contributed by atoms with Crippen LogP contribution >= 0.6 is 11.8 Å². The number of carboxylic acids is 1. The van der Waals surface area contributed by atoms with Gasteiger partial charge in [0.15, 0.2) is 5.69 Å². The molecule has 0 saturated carbocycles. The minimum Gasteiger partial charge on any atom is -0.476 e. The molecule has 0 amide bonds. The Bertz CT molecular complexity index is 330. The third kappa shape index (κ3) is 3.89. The van der Waals surface area contributed by atoms with Gasteiger partial charge >= 0.3 is 5.97 Å². The minimum atomic E-state index is -0.982. The van der Waals surface area contributed by atoms with Gasteiger partial charge in [-0.3, -0.25) is 0 Å². The van der Waals surface area contributed by atoms with Gasteiger partial charge < -0.3 is 9.84 Å². The maximum absolute atomic E-state index is 10.8. The van der Waals surface area contributed by atoms with Gasteiger partial charge in [0.05, 0.1) is 0 Å². The largest absolute Gasteiger partial charge is 0.476 e. The normalized spacial score (nSPS) is 10.2. The van der Waals surface area contributed by atoms with Crippen LogP contribution in [0.25, 0.3) is 0 Å². The molecule has 4 nitrogen and oxygen atoms in total. The zero-order valence-corrected chi connectivity index (χ0v) is 9.29. The van der Waals surface area contributed by atoms with Gasteiger partial charge in [-0.25, -0.2) is 9.78 Å². The first-order valence-corrected chi connectivity index (χ1v) is 5.54. The number of ether oxygens (including phenoxy) is 1. The molecule has 0 aliphatic rings. The van der Waals surface area contributed by atoms with Gasteiger partial charge in [0, 0.05) is 30.6 Å². The monoisotopic (exact) mass is 227 g/mol. The molecule has 1 heterocycles. The van der Waals surface area contributed by atoms with Crippen molar-refractivity contribution < 1.29 is 14.6 Å². The fourth-order valence-corrected chi connectivity index (χ4v) is 1.99. The number of carbonyl (C=O) groups is 1. The Morgan fingerprint density at radius 2 is 2.47 bits per heavy atom. The summed E-state index contributed by atoms with van der Waals surface area (Å²) in [6, 6.07) is 3.51. The van der Waals surface area contributed by atoms with Crippen LogP contribution < -0.4 is 0 Å². The van der Waals surface area contributed by atoms with E-state index in [1.807, 2.05) is 0 Å². The SMILES string of the molecule is COCCCSc1cccnc1C(=O)O. The van der Waals surface area contributed by atoms with Crippen LogP contribution in [0, 0.1) is 0 Å². The highest BCUT2D eigenvalue weighted by Gasteiger charge is 2.10. The topological polar surface area (TPSA) is 59.4 Å². The van der Waals surface area contributed by atoms with Crippen LogP contribution in [-0.2, 0) is 4.74 Å². The molecule has 0 unspecified atom stereocenters. The number of aromatic carboxylic acids is 1. The van der Waals surface area contributed by atoms with Crippen LogP contribution in [0.2, 0.25) is 0 Å². The molecule has 0 spiro atoms. The molecule has 82 valence electrons. The lowest BCUT2D eigenvalue weighted by Gasteiger charge is -2.03. The number of thioether (sulfide) groups is 1. The van der Waals surface area contributed by atoms with E-state index >= 15 is 0 Å². The minimum absolute atomic E-state index is 0.125. The van der Waals surface area contributed by atoms with E-state index in [4.69, 9.17) is 9.84 Å². The Labute approximate surface area is 92.7 Å². The van der Waals surface area contributed by atoms with Gasteiger partial charge in [-0.05, 0) is 18.6 Å². The van der Waals surface area contributed by atoms with Crippen molar-refractivity contribution in [2.75, 3.05) is 19.5 Å². The van der Waals surface area contributed by atoms with E-state index in [2.05, 4.69) is 4.98 Å². The number of aromatic nitrogens is 1. The zero-order valence-electron chi connectivity index (χ0n) is 8.47. The first-order chi connectivity index (χ1) is 7.25. The molecule has 1 N–H and O–H groups in total. The highest BCUT2D eigenvalue weighted by molar-refractivity contribution is 7.99. The number of methoxy groups -OCH3 is 1. The Hall–Kier alpha value is -1.07. The average molecular weight is 227 g/mol. The summed E-state index contributed by atoms with van der Waals surface area (Å²) in [5, 5.41) is 8.87. The summed E-state index contributed by atoms with van der Waals surface area (Å²) in [4.78, 5) is 15.3. The summed E-state index contributed by atoms with van der Waals surface area (Å²) in [5.41, 5.74) is 0.125. The molecule has 0 saturated heterocycles. The predicted octanol–water partition coefficient (Wildman–Crippen LogP) is 1.91. The maximum atomic E-state index is 10.8. The molecule has 1 aromatic rings. The molecule has 1 aromatic heterocycles. The van der Waals surface area contributed by atoms with Gasteiger partial charge in [0.25, 0.3) is 0 Å². The molecule has 0 radical (unpaired) electrons. The Balaban J connectivity index is 2.56. The summed E-state index contributed by atoms with van der Waals surface area (Å²) in [6.07, 6.45) is 2.39. The van der Waals surface area contributed by atoms with Crippen molar-refractivity contribution >= 4 is 17.7 Å². The van der Waals surface area contributed by atoms with Crippen LogP contribution in [0.1, 0.15) is 16.9 Å². The number of pyridine rings is 1. The van der Waals surface area contributed by atoms with E-state index in [0.29, 0.717) is 11.5 Å². The second-order valence-corrected chi connectivity index (χ2v) is 3.99. The van der Waals surface area contributed by atoms with Gasteiger partial charge in [-0.2, -0.15) is 0 Å². The van der Waals surface area contributed by atoms with Gasteiger partial charge in [-0.15, -0.1) is 11.8 Å². The second kappa shape index (κ2) is 6.42. The number of hydrogen-bond acceptors (Lipinski definition) is 4. The van der Waals surface area contributed by atoms with E-state index in [9.17, 15) is 4.79 Å². The second-order valence-electron chi connectivity index (χ2n) is 2.85. The quantitative estimate of drug-likeness (QED) is 0.594. The molecule has 0 aliphatic carbocycles. The molecule has 1 rings (SSSR count). The van der Waals surface area contributed by atoms with Crippen molar-refractivity contribution in [1.82, 2.24) is 4.98 Å². The van der Waals surface area contributed by atoms with Crippen LogP contribution in [0.3, 0.4) is 0 Å². The molecule has 0 fully saturated rings. The van der Waals surface area contributed by atoms with Crippen molar-refractivity contribution in [1.29, 1.82) is 0 Å². The number of hydrogen-bond donors (Lipinski definition) is 1. The van der Waals surface area contributed by atoms with Gasteiger partial charge in [-0.1, -0.05) is 0 Å². The lowest BCUT2D eigenvalue weighted by atomic mass is 10.3. The lowest BCUT2D eigenvalue weighted by Crippen LogP contribution is -2.02. The summed E-state index contributed by atoms with van der Waals surface area (Å²) < 4.78 is 4.91. The molecule has 15 heavy (non-hydrogen) atoms. The van der Waals surface area contributed by atoms with E-state index in [0.717, 1.165) is 12.2 Å². The predicted molar refractivity (Wildman–Crippen MR) is 58.4 cm³/mol. The Kier molecular flexibility index (Phi) is 5.14. The third-order valence-electron chi connectivity index (χ3n) is 1.72. The van der Waals surface area contributed by atoms with Crippen molar-refractivity contribution in [3.05, 3.63) is 24.0 Å². The van der Waals surface area contributed by atoms with Crippen molar-refractivity contribution in [2.24, 2.45) is 0 Å². The maximum Gasteiger partial charge on any atom is 0.355 e. The zero-order chi connectivity index (χ0) is 11.1. The van der Waals surface area contributed by atoms with Crippen molar-refractivity contribution in [3.8, 4) is 0 Å². The van der Waals surface area contributed by atoms with Crippen LogP contribution in [0.4, 0.5) is 0 Å². The Morgan fingerprint density at radius 1 is 1.67 bits per heavy atom. The molecular formula is C10H13NO3S. The summed E-state index contributed by atoms with van der Waals surface area (Å²) in [6.45, 7) is 0.690. The van der Waals surface area contributed by atoms with Gasteiger partial charge in [0.2, 0.25) is 0 Å². The molecular weight excluding hydrogens is 214 g/mol. The van der Waals surface area contributed by atoms with E-state index in [1.165, 1.54) is 18.0 Å². The summed E-state index contributed by atoms with van der Waals surface area (Å²) in [5.74, 6) is -0.148. The summed E-state index contributed by atoms with van der Waals surface area (Å²) in [7, 11) is 1.65. The molecule has 0 aliphatic heterocycles. The van der Waals surface area contributed by atoms with Crippen molar-refractivity contribution in [2.45, 2.75) is 11.3 Å². The first-order valence-electron chi connectivity index (χ1n) is 4.55. The molecule has 0 bridgehead atoms. The van der Waals surface area contributed by atoms with Crippen molar-refractivity contribution in [3.63, 3.8) is 0 Å². The van der Waals surface area contributed by atoms with Crippen LogP contribution in [0.5, 0.6) is 0 Å². The van der Waals surface area contributed by atoms with E-state index in [1.54, 1.807) is 19.2 Å². The van der Waals surface area contributed by atoms with Gasteiger partial charge in [0.1, 0.15) is 0 Å². The first kappa shape index (κ1) is 12.0. The van der Waals surface area contributed by atoms with E-state index in [-0.39, 0.29) is 5.69 Å². The average Bonchev–Trinajstić information content (AvgIpc) is 2.25. The third-order valence-corrected chi connectivity index (χ3v) is 2.86. The number of nitrogens with zero attached hydrogens (tertiary/aromatic N) is 1. The standard InChI is InChI=1S/C10H13NO3S/c1-14-6-3-7-15-8-4-2-5-11-9(8)10(12)13/h2,4-5H,3,6-7H2,1H3,(H,12,13). The summed E-state index contributed by atoms with van der Waals surface area (Å²) >= 11 is 1.49. The fourth-order valence-electron chi connectivity index (χ4n) is 1.05. The highest BCUT2D eigenvalue weighted by Crippen LogP contribution is 2.21. The smallest absolute Gasteiger partial charge is 0.355 e. The number of rotatable bonds is 6.